The van der Waals surface area contributed by atoms with Gasteiger partial charge in [0.25, 0.3) is 0 Å². The predicted molar refractivity (Wildman–Crippen MR) is 56.7 cm³/mol. The van der Waals surface area contributed by atoms with E-state index in [1.807, 2.05) is 0 Å². The molecule has 15 heavy (non-hydrogen) atoms. The number of terminal acetylenes is 1. The van der Waals surface area contributed by atoms with Gasteiger partial charge in [0.2, 0.25) is 0 Å². The predicted octanol–water partition coefficient (Wildman–Crippen LogP) is 1.87. The highest BCUT2D eigenvalue weighted by molar-refractivity contribution is 5.89. The summed E-state index contributed by atoms with van der Waals surface area (Å²) in [6.45, 7) is 1.77. The highest BCUT2D eigenvalue weighted by Crippen LogP contribution is 2.14. The Morgan fingerprint density at radius 1 is 1.40 bits per heavy atom. The monoisotopic (exact) mass is 204 g/mol. The zero-order valence-electron chi connectivity index (χ0n) is 8.69. The Bertz CT molecular complexity index is 373. The van der Waals surface area contributed by atoms with Crippen LogP contribution in [0.4, 0.5) is 0 Å². The van der Waals surface area contributed by atoms with E-state index in [4.69, 9.17) is 11.2 Å². The lowest BCUT2D eigenvalue weighted by atomic mass is 10.2. The molecule has 78 valence electrons. The topological polar surface area (TPSA) is 35.5 Å². The van der Waals surface area contributed by atoms with Crippen LogP contribution in [0.2, 0.25) is 0 Å². The number of esters is 1. The zero-order chi connectivity index (χ0) is 11.3. The second-order valence-electron chi connectivity index (χ2n) is 2.94. The quantitative estimate of drug-likeness (QED) is 0.557. The van der Waals surface area contributed by atoms with Crippen LogP contribution in [0.1, 0.15) is 17.3 Å². The molecule has 0 amide bonds. The van der Waals surface area contributed by atoms with Gasteiger partial charge < -0.3 is 9.47 Å². The maximum atomic E-state index is 11.1. The number of carbonyl (C=O) groups is 1. The van der Waals surface area contributed by atoms with Crippen LogP contribution in [0, 0.1) is 12.3 Å². The molecule has 0 aliphatic carbocycles. The van der Waals surface area contributed by atoms with Crippen LogP contribution in [0.15, 0.2) is 24.3 Å². The molecule has 0 aliphatic heterocycles. The molecule has 3 nitrogen and oxygen atoms in total. The van der Waals surface area contributed by atoms with Crippen LogP contribution < -0.4 is 4.74 Å². The Morgan fingerprint density at radius 2 is 2.00 bits per heavy atom. The molecule has 3 heteroatoms. The first kappa shape index (κ1) is 11.1. The van der Waals surface area contributed by atoms with Crippen molar-refractivity contribution < 1.29 is 14.3 Å². The van der Waals surface area contributed by atoms with Gasteiger partial charge in [0.1, 0.15) is 5.75 Å². The van der Waals surface area contributed by atoms with Gasteiger partial charge in [-0.05, 0) is 31.2 Å². The summed E-state index contributed by atoms with van der Waals surface area (Å²) in [6.07, 6.45) is 4.89. The van der Waals surface area contributed by atoms with Crippen LogP contribution in [-0.2, 0) is 4.74 Å². The molecule has 0 heterocycles. The van der Waals surface area contributed by atoms with E-state index in [-0.39, 0.29) is 12.1 Å². The molecule has 1 aromatic carbocycles. The van der Waals surface area contributed by atoms with E-state index < -0.39 is 0 Å². The summed E-state index contributed by atoms with van der Waals surface area (Å²) < 4.78 is 9.91. The Kier molecular flexibility index (Phi) is 3.75. The summed E-state index contributed by atoms with van der Waals surface area (Å²) in [7, 11) is 1.34. The van der Waals surface area contributed by atoms with Gasteiger partial charge in [-0.1, -0.05) is 5.92 Å². The van der Waals surface area contributed by atoms with Crippen LogP contribution in [0.3, 0.4) is 0 Å². The Hall–Kier alpha value is -1.95. The van der Waals surface area contributed by atoms with Gasteiger partial charge in [0, 0.05) is 0 Å². The van der Waals surface area contributed by atoms with Crippen molar-refractivity contribution in [2.24, 2.45) is 0 Å². The SMILES string of the molecule is C#C[C@H](C)Oc1ccc(C(=O)OC)cc1. The van der Waals surface area contributed by atoms with Gasteiger partial charge in [-0.2, -0.15) is 0 Å². The number of hydrogen-bond donors (Lipinski definition) is 0. The van der Waals surface area contributed by atoms with E-state index in [0.717, 1.165) is 0 Å². The van der Waals surface area contributed by atoms with E-state index in [0.29, 0.717) is 11.3 Å². The highest BCUT2D eigenvalue weighted by Gasteiger charge is 2.05. The van der Waals surface area contributed by atoms with Crippen molar-refractivity contribution in [2.45, 2.75) is 13.0 Å². The third-order valence-electron chi connectivity index (χ3n) is 1.82. The van der Waals surface area contributed by atoms with Crippen molar-refractivity contribution in [3.8, 4) is 18.1 Å². The molecule has 0 saturated heterocycles. The fourth-order valence-corrected chi connectivity index (χ4v) is 1.03. The molecular formula is C12H12O3. The van der Waals surface area contributed by atoms with Crippen molar-refractivity contribution >= 4 is 5.97 Å². The average molecular weight is 204 g/mol. The van der Waals surface area contributed by atoms with Crippen LogP contribution >= 0.6 is 0 Å². The third kappa shape index (κ3) is 3.03. The first-order valence-electron chi connectivity index (χ1n) is 4.48. The molecule has 0 aliphatic rings. The number of methoxy groups -OCH3 is 1. The normalized spacial score (nSPS) is 11.3. The summed E-state index contributed by atoms with van der Waals surface area (Å²) in [5.41, 5.74) is 0.484. The molecular weight excluding hydrogens is 192 g/mol. The third-order valence-corrected chi connectivity index (χ3v) is 1.82. The molecule has 1 aromatic rings. The van der Waals surface area contributed by atoms with Crippen molar-refractivity contribution in [3.63, 3.8) is 0 Å². The van der Waals surface area contributed by atoms with Crippen LogP contribution in [0.25, 0.3) is 0 Å². The molecule has 1 rings (SSSR count). The summed E-state index contributed by atoms with van der Waals surface area (Å²) in [6, 6.07) is 6.62. The summed E-state index contributed by atoms with van der Waals surface area (Å²) in [5, 5.41) is 0. The van der Waals surface area contributed by atoms with E-state index in [1.54, 1.807) is 31.2 Å². The Labute approximate surface area is 89.0 Å². The van der Waals surface area contributed by atoms with E-state index in [2.05, 4.69) is 10.7 Å². The molecule has 0 radical (unpaired) electrons. The molecule has 0 N–H and O–H groups in total. The fourth-order valence-electron chi connectivity index (χ4n) is 1.03. The second kappa shape index (κ2) is 5.06. The average Bonchev–Trinajstić information content (AvgIpc) is 2.29. The van der Waals surface area contributed by atoms with E-state index in [1.165, 1.54) is 7.11 Å². The second-order valence-corrected chi connectivity index (χ2v) is 2.94. The Balaban J connectivity index is 2.73. The van der Waals surface area contributed by atoms with Crippen molar-refractivity contribution in [1.82, 2.24) is 0 Å². The smallest absolute Gasteiger partial charge is 0.337 e. The first-order valence-corrected chi connectivity index (χ1v) is 4.48. The van der Waals surface area contributed by atoms with Gasteiger partial charge in [-0.3, -0.25) is 0 Å². The molecule has 0 bridgehead atoms. The minimum atomic E-state index is -0.369. The van der Waals surface area contributed by atoms with Gasteiger partial charge in [-0.25, -0.2) is 4.79 Å². The maximum Gasteiger partial charge on any atom is 0.337 e. The molecule has 0 aromatic heterocycles. The first-order chi connectivity index (χ1) is 7.17. The van der Waals surface area contributed by atoms with Gasteiger partial charge >= 0.3 is 5.97 Å². The maximum absolute atomic E-state index is 11.1. The van der Waals surface area contributed by atoms with Crippen molar-refractivity contribution in [1.29, 1.82) is 0 Å². The Morgan fingerprint density at radius 3 is 2.47 bits per heavy atom. The van der Waals surface area contributed by atoms with E-state index in [9.17, 15) is 4.79 Å². The largest absolute Gasteiger partial charge is 0.478 e. The summed E-state index contributed by atoms with van der Waals surface area (Å²) >= 11 is 0. The number of rotatable bonds is 3. The lowest BCUT2D eigenvalue weighted by Gasteiger charge is -2.08. The number of benzene rings is 1. The standard InChI is InChI=1S/C12H12O3/c1-4-9(2)15-11-7-5-10(6-8-11)12(13)14-3/h1,5-9H,2-3H3/t9-/m0/s1. The van der Waals surface area contributed by atoms with Crippen molar-refractivity contribution in [3.05, 3.63) is 29.8 Å². The van der Waals surface area contributed by atoms with E-state index >= 15 is 0 Å². The van der Waals surface area contributed by atoms with Crippen LogP contribution in [0.5, 0.6) is 5.75 Å². The lowest BCUT2D eigenvalue weighted by molar-refractivity contribution is 0.0600. The fraction of sp³-hybridized carbons (Fsp3) is 0.250. The molecule has 0 unspecified atom stereocenters. The van der Waals surface area contributed by atoms with Gasteiger partial charge in [0.15, 0.2) is 6.10 Å². The summed E-state index contributed by atoms with van der Waals surface area (Å²) in [4.78, 5) is 11.1. The van der Waals surface area contributed by atoms with Gasteiger partial charge in [0.05, 0.1) is 12.7 Å². The minimum Gasteiger partial charge on any atom is -0.478 e. The molecule has 0 saturated carbocycles. The number of hydrogen-bond acceptors (Lipinski definition) is 3. The summed E-state index contributed by atoms with van der Waals surface area (Å²) in [5.74, 6) is 2.71. The van der Waals surface area contributed by atoms with Crippen LogP contribution in [-0.4, -0.2) is 19.2 Å². The number of carbonyl (C=O) groups excluding carboxylic acids is 1. The minimum absolute atomic E-state index is 0.283. The molecule has 0 fully saturated rings. The molecule has 1 atom stereocenters. The lowest BCUT2D eigenvalue weighted by Crippen LogP contribution is -2.08. The highest BCUT2D eigenvalue weighted by atomic mass is 16.5. The molecule has 0 spiro atoms. The van der Waals surface area contributed by atoms with Crippen molar-refractivity contribution in [2.75, 3.05) is 7.11 Å². The zero-order valence-corrected chi connectivity index (χ0v) is 8.69. The number of ether oxygens (including phenoxy) is 2. The van der Waals surface area contributed by atoms with Gasteiger partial charge in [-0.15, -0.1) is 6.42 Å².